The van der Waals surface area contributed by atoms with E-state index in [0.717, 1.165) is 17.0 Å². The fourth-order valence-electron chi connectivity index (χ4n) is 4.84. The minimum absolute atomic E-state index is 0.0329. The lowest BCUT2D eigenvalue weighted by molar-refractivity contribution is -0.133. The van der Waals surface area contributed by atoms with Gasteiger partial charge in [-0.05, 0) is 36.6 Å². The number of likely N-dealkylation sites (tertiary alicyclic amines) is 1. The normalized spacial score (nSPS) is 17.6. The topological polar surface area (TPSA) is 67.7 Å². The number of carbonyl (C=O) groups is 2. The number of hydrogen-bond acceptors (Lipinski definition) is 4. The molecule has 1 aromatic heterocycles. The minimum atomic E-state index is -0.150. The van der Waals surface area contributed by atoms with Crippen molar-refractivity contribution in [1.82, 2.24) is 19.6 Å². The van der Waals surface area contributed by atoms with Gasteiger partial charge in [0.15, 0.2) is 0 Å². The highest BCUT2D eigenvalue weighted by molar-refractivity contribution is 5.93. The van der Waals surface area contributed by atoms with Crippen molar-refractivity contribution in [3.05, 3.63) is 83.7 Å². The minimum Gasteiger partial charge on any atom is -0.490 e. The Morgan fingerprint density at radius 1 is 1.08 bits per heavy atom. The lowest BCUT2D eigenvalue weighted by Crippen LogP contribution is -2.49. The van der Waals surface area contributed by atoms with E-state index in [1.54, 1.807) is 9.58 Å². The molecule has 4 rings (SSSR count). The second-order valence-electron chi connectivity index (χ2n) is 10.1. The van der Waals surface area contributed by atoms with E-state index in [-0.39, 0.29) is 29.8 Å². The summed E-state index contributed by atoms with van der Waals surface area (Å²) in [5, 5.41) is 4.63. The first-order chi connectivity index (χ1) is 17.9. The Balaban J connectivity index is 1.51. The fourth-order valence-corrected chi connectivity index (χ4v) is 4.84. The smallest absolute Gasteiger partial charge is 0.272 e. The van der Waals surface area contributed by atoms with Crippen LogP contribution in [0.15, 0.2) is 66.7 Å². The molecule has 7 nitrogen and oxygen atoms in total. The van der Waals surface area contributed by atoms with Crippen LogP contribution in [0.25, 0.3) is 0 Å². The fraction of sp³-hybridized carbons (Fsp3) is 0.433. The number of aromatic nitrogens is 2. The molecule has 0 N–H and O–H groups in total. The van der Waals surface area contributed by atoms with Gasteiger partial charge in [-0.1, -0.05) is 62.4 Å². The number of rotatable bonds is 9. The molecular formula is C30H38N4O3. The van der Waals surface area contributed by atoms with Crippen LogP contribution in [-0.2, 0) is 17.9 Å². The zero-order chi connectivity index (χ0) is 26.4. The summed E-state index contributed by atoms with van der Waals surface area (Å²) >= 11 is 0. The molecule has 2 heterocycles. The van der Waals surface area contributed by atoms with Crippen molar-refractivity contribution < 1.29 is 14.3 Å². The van der Waals surface area contributed by atoms with Gasteiger partial charge in [-0.25, -0.2) is 0 Å². The van der Waals surface area contributed by atoms with Crippen LogP contribution in [0, 0.1) is 5.92 Å². The van der Waals surface area contributed by atoms with E-state index in [4.69, 9.17) is 4.74 Å². The highest BCUT2D eigenvalue weighted by atomic mass is 16.5. The van der Waals surface area contributed by atoms with Crippen LogP contribution in [-0.4, -0.2) is 57.6 Å². The molecule has 0 saturated carbocycles. The molecule has 2 aromatic carbocycles. The number of carbonyl (C=O) groups excluding carboxylic acids is 2. The number of amides is 2. The number of nitrogens with zero attached hydrogens (tertiary/aromatic N) is 4. The molecule has 1 aliphatic heterocycles. The van der Waals surface area contributed by atoms with Gasteiger partial charge >= 0.3 is 0 Å². The Hall–Kier alpha value is -3.61. The third-order valence-corrected chi connectivity index (χ3v) is 7.02. The molecule has 2 atom stereocenters. The Morgan fingerprint density at radius 3 is 2.41 bits per heavy atom. The molecule has 0 unspecified atom stereocenters. The van der Waals surface area contributed by atoms with Crippen LogP contribution in [0.5, 0.6) is 5.75 Å². The lowest BCUT2D eigenvalue weighted by atomic mass is 9.90. The molecule has 1 aliphatic rings. The highest BCUT2D eigenvalue weighted by Gasteiger charge is 2.36. The number of para-hydroxylation sites is 1. The molecule has 1 saturated heterocycles. The summed E-state index contributed by atoms with van der Waals surface area (Å²) in [6.45, 7) is 8.38. The van der Waals surface area contributed by atoms with Crippen molar-refractivity contribution >= 4 is 11.8 Å². The molecule has 0 spiro atoms. The third kappa shape index (κ3) is 6.59. The largest absolute Gasteiger partial charge is 0.490 e. The maximum Gasteiger partial charge on any atom is 0.272 e. The van der Waals surface area contributed by atoms with Crippen molar-refractivity contribution in [1.29, 1.82) is 0 Å². The summed E-state index contributed by atoms with van der Waals surface area (Å²) in [5.74, 6) is 0.925. The monoisotopic (exact) mass is 502 g/mol. The zero-order valence-electron chi connectivity index (χ0n) is 22.3. The van der Waals surface area contributed by atoms with Gasteiger partial charge in [0.25, 0.3) is 5.91 Å². The number of piperidine rings is 1. The molecule has 7 heteroatoms. The van der Waals surface area contributed by atoms with Crippen LogP contribution >= 0.6 is 0 Å². The summed E-state index contributed by atoms with van der Waals surface area (Å²) in [6, 6.07) is 21.6. The van der Waals surface area contributed by atoms with Crippen molar-refractivity contribution in [2.24, 2.45) is 5.92 Å². The molecule has 0 aliphatic carbocycles. The second kappa shape index (κ2) is 12.1. The summed E-state index contributed by atoms with van der Waals surface area (Å²) in [7, 11) is 1.83. The Kier molecular flexibility index (Phi) is 8.64. The average molecular weight is 503 g/mol. The van der Waals surface area contributed by atoms with E-state index in [1.807, 2.05) is 85.6 Å². The summed E-state index contributed by atoms with van der Waals surface area (Å²) < 4.78 is 8.14. The van der Waals surface area contributed by atoms with Gasteiger partial charge in [0.1, 0.15) is 17.5 Å². The summed E-state index contributed by atoms with van der Waals surface area (Å²) in [4.78, 5) is 30.5. The average Bonchev–Trinajstić information content (AvgIpc) is 3.35. The zero-order valence-corrected chi connectivity index (χ0v) is 22.3. The van der Waals surface area contributed by atoms with Gasteiger partial charge in [-0.3, -0.25) is 14.3 Å². The maximum atomic E-state index is 13.6. The molecule has 1 fully saturated rings. The number of aryl methyl sites for hydroxylation is 1. The van der Waals surface area contributed by atoms with E-state index in [1.165, 1.54) is 0 Å². The number of hydrogen-bond donors (Lipinski definition) is 0. The van der Waals surface area contributed by atoms with Crippen LogP contribution in [0.2, 0.25) is 0 Å². The van der Waals surface area contributed by atoms with Crippen LogP contribution in [0.4, 0.5) is 0 Å². The Bertz CT molecular complexity index is 1180. The standard InChI is InChI=1S/C30H38N4O3/c1-5-34-27(19-26(31-34)22(2)3)30(36)33-17-16-28(37-25-14-10-7-11-15-25)24(21-33)18-29(35)32(4)20-23-12-8-6-9-13-23/h6-15,19,22,24,28H,5,16-18,20-21H2,1-4H3/t24-,28-/m0/s1. The number of benzene rings is 2. The van der Waals surface area contributed by atoms with Crippen molar-refractivity contribution in [2.45, 2.75) is 58.7 Å². The molecule has 3 aromatic rings. The van der Waals surface area contributed by atoms with Crippen LogP contribution in [0.1, 0.15) is 61.3 Å². The summed E-state index contributed by atoms with van der Waals surface area (Å²) in [6.07, 6.45) is 0.829. The maximum absolute atomic E-state index is 13.6. The van der Waals surface area contributed by atoms with E-state index < -0.39 is 0 Å². The van der Waals surface area contributed by atoms with Crippen LogP contribution < -0.4 is 4.74 Å². The quantitative estimate of drug-likeness (QED) is 0.414. The Morgan fingerprint density at radius 2 is 1.76 bits per heavy atom. The summed E-state index contributed by atoms with van der Waals surface area (Å²) in [5.41, 5.74) is 2.62. The third-order valence-electron chi connectivity index (χ3n) is 7.02. The van der Waals surface area contributed by atoms with Crippen molar-refractivity contribution in [3.8, 4) is 5.75 Å². The van der Waals surface area contributed by atoms with Gasteiger partial charge < -0.3 is 14.5 Å². The molecular weight excluding hydrogens is 464 g/mol. The van der Waals surface area contributed by atoms with E-state index in [2.05, 4.69) is 18.9 Å². The molecule has 0 bridgehead atoms. The van der Waals surface area contributed by atoms with E-state index >= 15 is 0 Å². The van der Waals surface area contributed by atoms with E-state index in [0.29, 0.717) is 44.7 Å². The van der Waals surface area contributed by atoms with Gasteiger partial charge in [0, 0.05) is 52.0 Å². The van der Waals surface area contributed by atoms with Crippen molar-refractivity contribution in [3.63, 3.8) is 0 Å². The first-order valence-electron chi connectivity index (χ1n) is 13.2. The molecule has 196 valence electrons. The number of ether oxygens (including phenoxy) is 1. The SMILES string of the molecule is CCn1nc(C(C)C)cc1C(=O)N1CC[C@H](Oc2ccccc2)[C@@H](CC(=O)N(C)Cc2ccccc2)C1. The van der Waals surface area contributed by atoms with Crippen LogP contribution in [0.3, 0.4) is 0 Å². The van der Waals surface area contributed by atoms with Gasteiger partial charge in [-0.15, -0.1) is 0 Å². The van der Waals surface area contributed by atoms with Gasteiger partial charge in [0.05, 0.1) is 5.69 Å². The second-order valence-corrected chi connectivity index (χ2v) is 10.1. The van der Waals surface area contributed by atoms with Crippen molar-refractivity contribution in [2.75, 3.05) is 20.1 Å². The Labute approximate surface area is 220 Å². The highest BCUT2D eigenvalue weighted by Crippen LogP contribution is 2.28. The first kappa shape index (κ1) is 26.5. The predicted octanol–water partition coefficient (Wildman–Crippen LogP) is 4.98. The first-order valence-corrected chi connectivity index (χ1v) is 13.2. The van der Waals surface area contributed by atoms with Gasteiger partial charge in [0.2, 0.25) is 5.91 Å². The van der Waals surface area contributed by atoms with Gasteiger partial charge in [-0.2, -0.15) is 5.10 Å². The molecule has 2 amide bonds. The lowest BCUT2D eigenvalue weighted by Gasteiger charge is -2.38. The molecule has 37 heavy (non-hydrogen) atoms. The van der Waals surface area contributed by atoms with E-state index in [9.17, 15) is 9.59 Å². The predicted molar refractivity (Wildman–Crippen MR) is 144 cm³/mol. The molecule has 0 radical (unpaired) electrons.